The number of nitrogens with zero attached hydrogens (tertiary/aromatic N) is 3. The van der Waals surface area contributed by atoms with Crippen LogP contribution in [0.1, 0.15) is 41.4 Å². The third kappa shape index (κ3) is 4.59. The molecule has 0 aliphatic heterocycles. The molecule has 1 heterocycles. The minimum absolute atomic E-state index is 0.0265. The van der Waals surface area contributed by atoms with E-state index in [2.05, 4.69) is 33.7 Å². The largest absolute Gasteiger partial charge is 0.497 e. The predicted molar refractivity (Wildman–Crippen MR) is 117 cm³/mol. The van der Waals surface area contributed by atoms with Gasteiger partial charge in [0.1, 0.15) is 5.75 Å². The zero-order valence-corrected chi connectivity index (χ0v) is 17.7. The van der Waals surface area contributed by atoms with E-state index in [-0.39, 0.29) is 17.7 Å². The minimum atomic E-state index is -0.0265. The molecular weight excluding hydrogens is 398 g/mol. The van der Waals surface area contributed by atoms with E-state index in [1.807, 2.05) is 30.3 Å². The number of ether oxygens (including phenoxy) is 1. The van der Waals surface area contributed by atoms with Crippen molar-refractivity contribution in [2.24, 2.45) is 0 Å². The van der Waals surface area contributed by atoms with Crippen molar-refractivity contribution in [3.8, 4) is 5.75 Å². The molecule has 0 unspecified atom stereocenters. The number of aromatic nitrogens is 3. The zero-order valence-electron chi connectivity index (χ0n) is 16.9. The van der Waals surface area contributed by atoms with E-state index in [0.717, 1.165) is 30.6 Å². The first-order valence-electron chi connectivity index (χ1n) is 9.96. The number of nitrogens with one attached hydrogen (secondary N) is 1. The molecule has 1 aliphatic rings. The topological polar surface area (TPSA) is 95.1 Å². The van der Waals surface area contributed by atoms with Crippen LogP contribution in [0.3, 0.4) is 0 Å². The van der Waals surface area contributed by atoms with Crippen molar-refractivity contribution in [1.29, 1.82) is 0 Å². The lowest BCUT2D eigenvalue weighted by Crippen LogP contribution is -2.32. The van der Waals surface area contributed by atoms with Gasteiger partial charge in [0.25, 0.3) is 0 Å². The van der Waals surface area contributed by atoms with E-state index in [9.17, 15) is 4.79 Å². The van der Waals surface area contributed by atoms with Gasteiger partial charge in [-0.2, -0.15) is 0 Å². The fourth-order valence-corrected chi connectivity index (χ4v) is 4.41. The van der Waals surface area contributed by atoms with E-state index in [1.165, 1.54) is 27.6 Å². The summed E-state index contributed by atoms with van der Waals surface area (Å²) in [5.74, 6) is 7.82. The molecule has 3 N–H and O–H groups in total. The van der Waals surface area contributed by atoms with Crippen molar-refractivity contribution >= 4 is 17.7 Å². The number of fused-ring (bicyclic) bond motifs is 1. The summed E-state index contributed by atoms with van der Waals surface area (Å²) in [6, 6.07) is 16.1. The molecule has 0 spiro atoms. The molecule has 7 nitrogen and oxygen atoms in total. The summed E-state index contributed by atoms with van der Waals surface area (Å²) in [5, 5.41) is 12.0. The quantitative estimate of drug-likeness (QED) is 0.448. The lowest BCUT2D eigenvalue weighted by molar-refractivity contribution is -0.119. The number of carbonyl (C=O) groups is 1. The Bertz CT molecular complexity index is 1020. The third-order valence-corrected chi connectivity index (χ3v) is 6.24. The summed E-state index contributed by atoms with van der Waals surface area (Å²) in [7, 11) is 1.64. The van der Waals surface area contributed by atoms with Crippen LogP contribution in [-0.4, -0.2) is 33.6 Å². The van der Waals surface area contributed by atoms with Gasteiger partial charge in [-0.3, -0.25) is 4.79 Å². The van der Waals surface area contributed by atoms with Crippen LogP contribution in [-0.2, 0) is 17.6 Å². The van der Waals surface area contributed by atoms with Gasteiger partial charge in [0.15, 0.2) is 5.82 Å². The number of nitrogen functional groups attached to an aromatic ring is 1. The maximum Gasteiger partial charge on any atom is 0.230 e. The summed E-state index contributed by atoms with van der Waals surface area (Å²) < 4.78 is 6.63. The van der Waals surface area contributed by atoms with Gasteiger partial charge in [-0.15, -0.1) is 10.2 Å². The second kappa shape index (κ2) is 9.21. The van der Waals surface area contributed by atoms with Crippen LogP contribution in [0.15, 0.2) is 53.7 Å². The molecule has 156 valence electrons. The second-order valence-corrected chi connectivity index (χ2v) is 8.24. The van der Waals surface area contributed by atoms with Gasteiger partial charge < -0.3 is 15.9 Å². The molecule has 3 aromatic rings. The van der Waals surface area contributed by atoms with Gasteiger partial charge in [-0.05, 0) is 48.1 Å². The number of benzene rings is 2. The monoisotopic (exact) mass is 423 g/mol. The Morgan fingerprint density at radius 3 is 2.83 bits per heavy atom. The van der Waals surface area contributed by atoms with E-state index in [4.69, 9.17) is 10.6 Å². The number of nitrogens with two attached hydrogens (primary N) is 1. The van der Waals surface area contributed by atoms with Gasteiger partial charge in [-0.1, -0.05) is 48.2 Å². The summed E-state index contributed by atoms with van der Waals surface area (Å²) in [6.07, 6.45) is 3.68. The van der Waals surface area contributed by atoms with Crippen LogP contribution in [0.5, 0.6) is 5.75 Å². The molecule has 4 rings (SSSR count). The Kier molecular flexibility index (Phi) is 6.23. The first-order valence-corrected chi connectivity index (χ1v) is 10.9. The van der Waals surface area contributed by atoms with Crippen LogP contribution in [0.25, 0.3) is 0 Å². The molecule has 1 aromatic heterocycles. The molecule has 1 aliphatic carbocycles. The molecule has 0 saturated heterocycles. The molecule has 0 saturated carbocycles. The number of carbonyl (C=O) groups excluding carboxylic acids is 1. The maximum atomic E-state index is 12.5. The average Bonchev–Trinajstić information content (AvgIpc) is 3.12. The number of rotatable bonds is 7. The SMILES string of the molecule is COc1ccc(Cc2nnc(SCC(=O)N[C@@H]3CCCc4ccccc43)n2N)cc1. The van der Waals surface area contributed by atoms with Gasteiger partial charge in [-0.25, -0.2) is 4.68 Å². The highest BCUT2D eigenvalue weighted by molar-refractivity contribution is 7.99. The minimum Gasteiger partial charge on any atom is -0.497 e. The van der Waals surface area contributed by atoms with Gasteiger partial charge in [0.05, 0.1) is 18.9 Å². The van der Waals surface area contributed by atoms with E-state index >= 15 is 0 Å². The lowest BCUT2D eigenvalue weighted by atomic mass is 9.88. The average molecular weight is 424 g/mol. The first-order chi connectivity index (χ1) is 14.6. The Morgan fingerprint density at radius 1 is 1.23 bits per heavy atom. The molecular formula is C22H25N5O2S. The molecule has 8 heteroatoms. The van der Waals surface area contributed by atoms with Crippen molar-refractivity contribution in [2.45, 2.75) is 36.9 Å². The number of amides is 1. The summed E-state index contributed by atoms with van der Waals surface area (Å²) in [6.45, 7) is 0. The lowest BCUT2D eigenvalue weighted by Gasteiger charge is -2.26. The highest BCUT2D eigenvalue weighted by atomic mass is 32.2. The Morgan fingerprint density at radius 2 is 2.03 bits per heavy atom. The molecule has 0 fully saturated rings. The molecule has 2 aromatic carbocycles. The number of methoxy groups -OCH3 is 1. The van der Waals surface area contributed by atoms with Crippen LogP contribution in [0, 0.1) is 0 Å². The van der Waals surface area contributed by atoms with Crippen LogP contribution < -0.4 is 15.9 Å². The third-order valence-electron chi connectivity index (χ3n) is 5.29. The van der Waals surface area contributed by atoms with E-state index < -0.39 is 0 Å². The number of aryl methyl sites for hydroxylation is 1. The molecule has 1 amide bonds. The van der Waals surface area contributed by atoms with Gasteiger partial charge >= 0.3 is 0 Å². The zero-order chi connectivity index (χ0) is 20.9. The maximum absolute atomic E-state index is 12.5. The Balaban J connectivity index is 1.33. The van der Waals surface area contributed by atoms with Crippen molar-refractivity contribution in [1.82, 2.24) is 20.2 Å². The highest BCUT2D eigenvalue weighted by Gasteiger charge is 2.22. The first kappa shape index (κ1) is 20.3. The fourth-order valence-electron chi connectivity index (χ4n) is 3.72. The standard InChI is InChI=1S/C22H25N5O2S/c1-29-17-11-9-15(10-12-17)13-20-25-26-22(27(20)23)30-14-21(28)24-19-8-4-6-16-5-2-3-7-18(16)19/h2-3,5,7,9-12,19H,4,6,8,13-14,23H2,1H3,(H,24,28)/t19-/m1/s1. The smallest absolute Gasteiger partial charge is 0.230 e. The number of hydrogen-bond acceptors (Lipinski definition) is 6. The summed E-state index contributed by atoms with van der Waals surface area (Å²) in [4.78, 5) is 12.5. The Labute approximate surface area is 180 Å². The molecule has 0 bridgehead atoms. The van der Waals surface area contributed by atoms with Gasteiger partial charge in [0, 0.05) is 6.42 Å². The highest BCUT2D eigenvalue weighted by Crippen LogP contribution is 2.29. The predicted octanol–water partition coefficient (Wildman–Crippen LogP) is 2.88. The van der Waals surface area contributed by atoms with Gasteiger partial charge in [0.2, 0.25) is 11.1 Å². The molecule has 30 heavy (non-hydrogen) atoms. The Hall–Kier alpha value is -3.00. The van der Waals surface area contributed by atoms with Crippen molar-refractivity contribution in [2.75, 3.05) is 18.7 Å². The second-order valence-electron chi connectivity index (χ2n) is 7.29. The van der Waals surface area contributed by atoms with Crippen LogP contribution in [0.4, 0.5) is 0 Å². The van der Waals surface area contributed by atoms with E-state index in [0.29, 0.717) is 17.4 Å². The molecule has 1 atom stereocenters. The number of hydrogen-bond donors (Lipinski definition) is 2. The number of thioether (sulfide) groups is 1. The molecule has 0 radical (unpaired) electrons. The van der Waals surface area contributed by atoms with Crippen molar-refractivity contribution < 1.29 is 9.53 Å². The normalized spacial score (nSPS) is 15.4. The summed E-state index contributed by atoms with van der Waals surface area (Å²) >= 11 is 1.29. The fraction of sp³-hybridized carbons (Fsp3) is 0.318. The van der Waals surface area contributed by atoms with Crippen molar-refractivity contribution in [3.63, 3.8) is 0 Å². The summed E-state index contributed by atoms with van der Waals surface area (Å²) in [5.41, 5.74) is 3.61. The van der Waals surface area contributed by atoms with Crippen LogP contribution in [0.2, 0.25) is 0 Å². The van der Waals surface area contributed by atoms with Crippen LogP contribution >= 0.6 is 11.8 Å². The van der Waals surface area contributed by atoms with Crippen molar-refractivity contribution in [3.05, 3.63) is 71.0 Å². The van der Waals surface area contributed by atoms with E-state index in [1.54, 1.807) is 7.11 Å².